The molecule has 0 aliphatic rings. The maximum Gasteiger partial charge on any atom is 0.220 e. The van der Waals surface area contributed by atoms with Crippen LogP contribution in [0.4, 0.5) is 0 Å². The minimum atomic E-state index is -0.267. The van der Waals surface area contributed by atoms with Gasteiger partial charge in [-0.15, -0.1) is 0 Å². The zero-order valence-corrected chi connectivity index (χ0v) is 10.0. The van der Waals surface area contributed by atoms with Crippen LogP contribution in [0, 0.1) is 0 Å². The Hall–Kier alpha value is -1.29. The molecule has 1 heterocycles. The van der Waals surface area contributed by atoms with Gasteiger partial charge in [0.15, 0.2) is 0 Å². The number of aromatic nitrogens is 1. The summed E-state index contributed by atoms with van der Waals surface area (Å²) < 4.78 is 0. The van der Waals surface area contributed by atoms with Gasteiger partial charge < -0.3 is 16.0 Å². The number of aromatic amines is 1. The van der Waals surface area contributed by atoms with Crippen LogP contribution in [0.15, 0.2) is 18.3 Å². The predicted molar refractivity (Wildman–Crippen MR) is 65.0 cm³/mol. The number of hydrogen-bond donors (Lipinski definition) is 3. The van der Waals surface area contributed by atoms with Gasteiger partial charge in [0.25, 0.3) is 0 Å². The first-order chi connectivity index (χ1) is 7.47. The third-order valence-corrected chi connectivity index (χ3v) is 2.38. The molecule has 1 aromatic rings. The Labute approximate surface area is 96.6 Å². The van der Waals surface area contributed by atoms with Gasteiger partial charge in [-0.05, 0) is 32.4 Å². The number of nitrogens with one attached hydrogen (secondary N) is 2. The Morgan fingerprint density at radius 1 is 1.56 bits per heavy atom. The Balaban J connectivity index is 2.11. The Bertz CT molecular complexity index is 312. The molecule has 4 heteroatoms. The molecule has 0 aliphatic heterocycles. The molecule has 90 valence electrons. The van der Waals surface area contributed by atoms with Gasteiger partial charge in [-0.25, -0.2) is 0 Å². The van der Waals surface area contributed by atoms with E-state index >= 15 is 0 Å². The summed E-state index contributed by atoms with van der Waals surface area (Å²) in [6, 6.07) is 3.96. The van der Waals surface area contributed by atoms with E-state index in [0.717, 1.165) is 12.1 Å². The lowest BCUT2D eigenvalue weighted by molar-refractivity contribution is -0.121. The molecule has 0 aliphatic carbocycles. The second-order valence-electron chi connectivity index (χ2n) is 4.78. The highest BCUT2D eigenvalue weighted by molar-refractivity contribution is 5.75. The number of nitrogens with two attached hydrogens (primary N) is 1. The minimum Gasteiger partial charge on any atom is -0.365 e. The maximum absolute atomic E-state index is 11.4. The summed E-state index contributed by atoms with van der Waals surface area (Å²) >= 11 is 0. The zero-order valence-electron chi connectivity index (χ0n) is 10.0. The highest BCUT2D eigenvalue weighted by Crippen LogP contribution is 2.06. The van der Waals surface area contributed by atoms with Crippen molar-refractivity contribution in [2.24, 2.45) is 5.73 Å². The largest absolute Gasteiger partial charge is 0.365 e. The lowest BCUT2D eigenvalue weighted by Crippen LogP contribution is -2.34. The van der Waals surface area contributed by atoms with Gasteiger partial charge in [0.1, 0.15) is 0 Å². The van der Waals surface area contributed by atoms with Crippen LogP contribution in [0.1, 0.15) is 32.4 Å². The summed E-state index contributed by atoms with van der Waals surface area (Å²) in [5, 5.41) is 2.88. The summed E-state index contributed by atoms with van der Waals surface area (Å²) in [5.41, 5.74) is 6.68. The van der Waals surface area contributed by atoms with Crippen LogP contribution < -0.4 is 11.1 Å². The molecule has 1 aromatic heterocycles. The van der Waals surface area contributed by atoms with Gasteiger partial charge in [-0.3, -0.25) is 4.79 Å². The van der Waals surface area contributed by atoms with E-state index in [4.69, 9.17) is 5.73 Å². The van der Waals surface area contributed by atoms with E-state index in [2.05, 4.69) is 10.3 Å². The molecule has 0 radical (unpaired) electrons. The van der Waals surface area contributed by atoms with Crippen LogP contribution >= 0.6 is 0 Å². The molecule has 16 heavy (non-hydrogen) atoms. The fraction of sp³-hybridized carbons (Fsp3) is 0.583. The number of carbonyl (C=O) groups is 1. The molecule has 0 bridgehead atoms. The highest BCUT2D eigenvalue weighted by atomic mass is 16.1. The van der Waals surface area contributed by atoms with Crippen molar-refractivity contribution in [3.8, 4) is 0 Å². The number of H-pyrrole nitrogens is 1. The Kier molecular flexibility index (Phi) is 4.55. The number of rotatable bonds is 6. The van der Waals surface area contributed by atoms with E-state index in [1.165, 1.54) is 0 Å². The first-order valence-electron chi connectivity index (χ1n) is 5.65. The van der Waals surface area contributed by atoms with Gasteiger partial charge in [-0.2, -0.15) is 0 Å². The van der Waals surface area contributed by atoms with Crippen LogP contribution in [0.5, 0.6) is 0 Å². The first kappa shape index (κ1) is 12.8. The summed E-state index contributed by atoms with van der Waals surface area (Å²) in [6.45, 7) is 4.53. The van der Waals surface area contributed by atoms with Gasteiger partial charge >= 0.3 is 0 Å². The van der Waals surface area contributed by atoms with E-state index in [1.807, 2.05) is 32.2 Å². The van der Waals surface area contributed by atoms with Crippen molar-refractivity contribution < 1.29 is 4.79 Å². The van der Waals surface area contributed by atoms with Gasteiger partial charge in [-0.1, -0.05) is 0 Å². The van der Waals surface area contributed by atoms with Gasteiger partial charge in [0, 0.05) is 36.8 Å². The first-order valence-corrected chi connectivity index (χ1v) is 5.65. The standard InChI is InChI=1S/C12H21N3O/c1-12(2,13)7-5-11(16)15-9-6-10-4-3-8-14-10/h3-4,8,14H,5-7,9,13H2,1-2H3,(H,15,16). The van der Waals surface area contributed by atoms with Crippen LogP contribution in [0.2, 0.25) is 0 Å². The second-order valence-corrected chi connectivity index (χ2v) is 4.78. The van der Waals surface area contributed by atoms with Gasteiger partial charge in [0.2, 0.25) is 5.91 Å². The smallest absolute Gasteiger partial charge is 0.220 e. The topological polar surface area (TPSA) is 70.9 Å². The minimum absolute atomic E-state index is 0.0741. The van der Waals surface area contributed by atoms with Crippen LogP contribution in [-0.4, -0.2) is 23.0 Å². The predicted octanol–water partition coefficient (Wildman–Crippen LogP) is 1.19. The fourth-order valence-corrected chi connectivity index (χ4v) is 1.38. The van der Waals surface area contributed by atoms with E-state index in [1.54, 1.807) is 0 Å². The lowest BCUT2D eigenvalue weighted by atomic mass is 10.00. The zero-order chi connectivity index (χ0) is 12.0. The Morgan fingerprint density at radius 2 is 2.31 bits per heavy atom. The molecule has 1 rings (SSSR count). The highest BCUT2D eigenvalue weighted by Gasteiger charge is 2.12. The van der Waals surface area contributed by atoms with E-state index < -0.39 is 0 Å². The number of carbonyl (C=O) groups excluding carboxylic acids is 1. The van der Waals surface area contributed by atoms with E-state index in [-0.39, 0.29) is 11.4 Å². The normalized spacial score (nSPS) is 11.4. The third-order valence-electron chi connectivity index (χ3n) is 2.38. The van der Waals surface area contributed by atoms with Crippen LogP contribution in [-0.2, 0) is 11.2 Å². The molecule has 0 atom stereocenters. The SMILES string of the molecule is CC(C)(N)CCC(=O)NCCc1ccc[nH]1. The molecular formula is C12H21N3O. The van der Waals surface area contributed by atoms with Crippen LogP contribution in [0.3, 0.4) is 0 Å². The molecule has 4 N–H and O–H groups in total. The molecule has 0 saturated carbocycles. The summed E-state index contributed by atoms with van der Waals surface area (Å²) in [4.78, 5) is 14.5. The molecule has 4 nitrogen and oxygen atoms in total. The van der Waals surface area contributed by atoms with Crippen molar-refractivity contribution >= 4 is 5.91 Å². The van der Waals surface area contributed by atoms with Crippen LogP contribution in [0.25, 0.3) is 0 Å². The van der Waals surface area contributed by atoms with Crippen molar-refractivity contribution in [1.29, 1.82) is 0 Å². The number of hydrogen-bond acceptors (Lipinski definition) is 2. The van der Waals surface area contributed by atoms with E-state index in [0.29, 0.717) is 19.4 Å². The lowest BCUT2D eigenvalue weighted by Gasteiger charge is -2.17. The van der Waals surface area contributed by atoms with Crippen molar-refractivity contribution in [1.82, 2.24) is 10.3 Å². The fourth-order valence-electron chi connectivity index (χ4n) is 1.38. The summed E-state index contributed by atoms with van der Waals surface area (Å²) in [5.74, 6) is 0.0741. The Morgan fingerprint density at radius 3 is 2.88 bits per heavy atom. The second kappa shape index (κ2) is 5.70. The maximum atomic E-state index is 11.4. The van der Waals surface area contributed by atoms with Gasteiger partial charge in [0.05, 0.1) is 0 Å². The van der Waals surface area contributed by atoms with Crippen molar-refractivity contribution in [3.63, 3.8) is 0 Å². The van der Waals surface area contributed by atoms with Crippen molar-refractivity contribution in [2.75, 3.05) is 6.54 Å². The summed E-state index contributed by atoms with van der Waals surface area (Å²) in [7, 11) is 0. The molecule has 0 fully saturated rings. The average Bonchev–Trinajstić information content (AvgIpc) is 2.66. The van der Waals surface area contributed by atoms with Crippen molar-refractivity contribution in [3.05, 3.63) is 24.0 Å². The summed E-state index contributed by atoms with van der Waals surface area (Å²) in [6.07, 6.45) is 3.93. The average molecular weight is 223 g/mol. The third kappa shape index (κ3) is 5.56. The quantitative estimate of drug-likeness (QED) is 0.678. The molecule has 0 unspecified atom stereocenters. The monoisotopic (exact) mass is 223 g/mol. The molecule has 0 aromatic carbocycles. The molecular weight excluding hydrogens is 202 g/mol. The van der Waals surface area contributed by atoms with Crippen molar-refractivity contribution in [2.45, 2.75) is 38.6 Å². The van der Waals surface area contributed by atoms with E-state index in [9.17, 15) is 4.79 Å². The molecule has 0 spiro atoms. The molecule has 0 saturated heterocycles. The molecule has 1 amide bonds. The number of amides is 1.